The van der Waals surface area contributed by atoms with Gasteiger partial charge in [-0.25, -0.2) is 14.4 Å². The van der Waals surface area contributed by atoms with Crippen molar-refractivity contribution in [2.75, 3.05) is 84.2 Å². The van der Waals surface area contributed by atoms with Crippen LogP contribution in [0.4, 0.5) is 0 Å². The molecule has 0 unspecified atom stereocenters. The van der Waals surface area contributed by atoms with Crippen LogP contribution >= 0.6 is 0 Å². The third-order valence-electron chi connectivity index (χ3n) is 16.9. The summed E-state index contributed by atoms with van der Waals surface area (Å²) in [5.41, 5.74) is 10.4. The van der Waals surface area contributed by atoms with E-state index in [4.69, 9.17) is 52.1 Å². The van der Waals surface area contributed by atoms with E-state index in [0.29, 0.717) is 107 Å². The highest BCUT2D eigenvalue weighted by Gasteiger charge is 2.26. The van der Waals surface area contributed by atoms with Gasteiger partial charge in [0.15, 0.2) is 23.0 Å². The maximum atomic E-state index is 12.6. The van der Waals surface area contributed by atoms with E-state index in [2.05, 4.69) is 46.1 Å². The summed E-state index contributed by atoms with van der Waals surface area (Å²) in [6.07, 6.45) is 17.5. The van der Waals surface area contributed by atoms with Crippen molar-refractivity contribution < 1.29 is 81.5 Å². The lowest BCUT2D eigenvalue weighted by molar-refractivity contribution is 0.0521. The van der Waals surface area contributed by atoms with Gasteiger partial charge in [0.05, 0.1) is 150 Å². The van der Waals surface area contributed by atoms with Crippen LogP contribution in [-0.2, 0) is 4.74 Å². The number of aromatic carboxylic acids is 2. The Morgan fingerprint density at radius 2 is 0.708 bits per heavy atom. The highest BCUT2D eigenvalue weighted by atomic mass is 16.5. The highest BCUT2D eigenvalue weighted by Crippen LogP contribution is 2.38. The molecule has 8 aromatic carbocycles. The van der Waals surface area contributed by atoms with Gasteiger partial charge < -0.3 is 67.6 Å². The van der Waals surface area contributed by atoms with Gasteiger partial charge in [-0.3, -0.25) is 25.2 Å². The van der Waals surface area contributed by atoms with Crippen LogP contribution in [0.1, 0.15) is 106 Å². The van der Waals surface area contributed by atoms with Crippen molar-refractivity contribution in [2.24, 2.45) is 5.92 Å². The second kappa shape index (κ2) is 35.4. The normalized spacial score (nSPS) is 11.8. The van der Waals surface area contributed by atoms with Crippen molar-refractivity contribution in [1.29, 1.82) is 0 Å². The van der Waals surface area contributed by atoms with Gasteiger partial charge in [-0.15, -0.1) is 0 Å². The first kappa shape index (κ1) is 75.2. The summed E-state index contributed by atoms with van der Waals surface area (Å²) in [6.45, 7) is 2.77. The average Bonchev–Trinajstić information content (AvgIpc) is 1.65. The number of esters is 1. The SMILES string of the molecule is CCOC(=O)c1ccc2n[nH]c(/C=C/c3ccc(OC)c(OC)c3)c2c1OC.COc1ccc(/C=C/c2[nH]nc3ccc(C(=O)NCC4CC4)c(OC)c23)cc1.COc1ccc(/C=C/c2[nH]nc3ccc(C(=O)O)c(OC)c23)cc1.COc1ccc(/C=C/c2[nH]nc3ccc(C(=O)O)c(OC)c23)cc1OC. The van der Waals surface area contributed by atoms with Crippen molar-refractivity contribution in [3.8, 4) is 57.5 Å². The van der Waals surface area contributed by atoms with E-state index in [1.807, 2.05) is 140 Å². The summed E-state index contributed by atoms with van der Waals surface area (Å²) in [7, 11) is 15.6. The number of fused-ring (bicyclic) bond motifs is 4. The number of hydrogen-bond acceptors (Lipinski definition) is 19. The maximum absolute atomic E-state index is 12.6. The van der Waals surface area contributed by atoms with Crippen molar-refractivity contribution >= 4 is 116 Å². The number of aromatic nitrogens is 8. The van der Waals surface area contributed by atoms with Gasteiger partial charge in [-0.1, -0.05) is 60.7 Å². The molecule has 0 saturated heterocycles. The third kappa shape index (κ3) is 17.5. The molecule has 1 aliphatic carbocycles. The molecular formula is C80H79N9O17. The number of nitrogens with zero attached hydrogens (tertiary/aromatic N) is 4. The number of nitrogens with one attached hydrogen (secondary N) is 5. The van der Waals surface area contributed by atoms with Crippen LogP contribution in [0.15, 0.2) is 133 Å². The van der Waals surface area contributed by atoms with Crippen molar-refractivity contribution in [3.05, 3.63) is 201 Å². The van der Waals surface area contributed by atoms with E-state index in [0.717, 1.165) is 56.9 Å². The quantitative estimate of drug-likeness (QED) is 0.0261. The van der Waals surface area contributed by atoms with Gasteiger partial charge in [0.1, 0.15) is 51.2 Å². The van der Waals surface area contributed by atoms with E-state index in [-0.39, 0.29) is 29.4 Å². The molecule has 4 heterocycles. The third-order valence-corrected chi connectivity index (χ3v) is 16.9. The number of aromatic amines is 4. The number of methoxy groups -OCH3 is 10. The predicted molar refractivity (Wildman–Crippen MR) is 406 cm³/mol. The van der Waals surface area contributed by atoms with E-state index in [9.17, 15) is 29.4 Å². The molecule has 0 atom stereocenters. The predicted octanol–water partition coefficient (Wildman–Crippen LogP) is 14.7. The van der Waals surface area contributed by atoms with Crippen LogP contribution in [0.3, 0.4) is 0 Å². The largest absolute Gasteiger partial charge is 0.497 e. The number of carbonyl (C=O) groups excluding carboxylic acids is 2. The Hall–Kier alpha value is -13.5. The number of carboxylic acid groups (broad SMARTS) is 2. The fourth-order valence-electron chi connectivity index (χ4n) is 11.3. The van der Waals surface area contributed by atoms with Crippen molar-refractivity contribution in [1.82, 2.24) is 46.1 Å². The van der Waals surface area contributed by atoms with Gasteiger partial charge in [-0.2, -0.15) is 20.4 Å². The molecule has 0 radical (unpaired) electrons. The summed E-state index contributed by atoms with van der Waals surface area (Å²) >= 11 is 0. The zero-order chi connectivity index (χ0) is 75.4. The number of ether oxygens (including phenoxy) is 11. The van der Waals surface area contributed by atoms with Crippen molar-refractivity contribution in [3.63, 3.8) is 0 Å². The molecule has 0 aliphatic heterocycles. The fraction of sp³-hybridized carbons (Fsp3) is 0.200. The molecule has 12 aromatic rings. The molecule has 26 nitrogen and oxygen atoms in total. The Morgan fingerprint density at radius 3 is 1.03 bits per heavy atom. The molecule has 13 rings (SSSR count). The lowest BCUT2D eigenvalue weighted by Gasteiger charge is -2.10. The number of carbonyl (C=O) groups is 4. The number of hydrogen-bond donors (Lipinski definition) is 7. The molecule has 1 amide bonds. The number of carboxylic acids is 2. The van der Waals surface area contributed by atoms with E-state index in [1.165, 1.54) is 46.3 Å². The lowest BCUT2D eigenvalue weighted by atomic mass is 10.1. The number of rotatable bonds is 25. The summed E-state index contributed by atoms with van der Waals surface area (Å²) < 4.78 is 58.3. The molecule has 26 heteroatoms. The highest BCUT2D eigenvalue weighted by molar-refractivity contribution is 6.07. The van der Waals surface area contributed by atoms with Gasteiger partial charge in [0.25, 0.3) is 5.91 Å². The molecule has 106 heavy (non-hydrogen) atoms. The molecule has 4 aromatic heterocycles. The summed E-state index contributed by atoms with van der Waals surface area (Å²) in [4.78, 5) is 47.6. The summed E-state index contributed by atoms with van der Waals surface area (Å²) in [5, 5.41) is 53.3. The minimum atomic E-state index is -1.06. The number of amides is 1. The molecule has 1 aliphatic rings. The molecule has 0 bridgehead atoms. The van der Waals surface area contributed by atoms with Gasteiger partial charge in [0.2, 0.25) is 0 Å². The van der Waals surface area contributed by atoms with Gasteiger partial charge in [0, 0.05) is 6.54 Å². The van der Waals surface area contributed by atoms with Crippen LogP contribution < -0.4 is 52.7 Å². The van der Waals surface area contributed by atoms with Crippen LogP contribution in [-0.4, -0.2) is 159 Å². The Labute approximate surface area is 609 Å². The zero-order valence-corrected chi connectivity index (χ0v) is 60.0. The van der Waals surface area contributed by atoms with Crippen LogP contribution in [0.2, 0.25) is 0 Å². The standard InChI is InChI=1S/C22H23N3O3.C21H22N2O5.C19H18N2O5.C18H16N2O4/c1-27-16-8-5-14(6-9-16)7-11-18-20-19(25-24-18)12-10-17(21(20)28-2)22(26)23-13-15-3-4-15;1-5-28-21(24)14-8-10-16-19(20(14)27-4)15(22-23-16)9-6-13-7-11-17(25-2)18(12-13)26-3;1-24-15-9-5-11(10-16(15)25-2)4-7-13-17-14(21-20-13)8-6-12(19(22)23)18(17)26-3;1-23-12-6-3-11(4-7-12)5-9-14-16-15(20-19-14)10-8-13(18(21)22)17(16)24-2/h5-12,15H,3-4,13H2,1-2H3,(H,23,26)(H,24,25);6-12H,5H2,1-4H3,(H,22,23);4-10H,1-3H3,(H,20,21)(H,22,23);3-10H,1-2H3,(H,19,20)(H,21,22)/b11-7+;9-6+;7-4+;9-5+. The Morgan fingerprint density at radius 1 is 0.387 bits per heavy atom. The first-order valence-electron chi connectivity index (χ1n) is 33.1. The van der Waals surface area contributed by atoms with Crippen molar-refractivity contribution in [2.45, 2.75) is 19.8 Å². The minimum Gasteiger partial charge on any atom is -0.497 e. The Kier molecular flexibility index (Phi) is 25.1. The second-order valence-electron chi connectivity index (χ2n) is 23.3. The average molecular weight is 1440 g/mol. The van der Waals surface area contributed by atoms with E-state index >= 15 is 0 Å². The van der Waals surface area contributed by atoms with Crippen LogP contribution in [0.5, 0.6) is 57.5 Å². The minimum absolute atomic E-state index is 0.0853. The first-order chi connectivity index (χ1) is 51.5. The van der Waals surface area contributed by atoms with E-state index < -0.39 is 17.9 Å². The topological polar surface area (TPSA) is 337 Å². The second-order valence-corrected chi connectivity index (χ2v) is 23.3. The van der Waals surface area contributed by atoms with Crippen LogP contribution in [0.25, 0.3) is 92.2 Å². The van der Waals surface area contributed by atoms with Gasteiger partial charge in [-0.05, 0) is 169 Å². The van der Waals surface area contributed by atoms with Crippen LogP contribution in [0, 0.1) is 5.92 Å². The molecule has 7 N–H and O–H groups in total. The molecule has 1 saturated carbocycles. The fourth-order valence-corrected chi connectivity index (χ4v) is 11.3. The van der Waals surface area contributed by atoms with E-state index in [1.54, 1.807) is 87.0 Å². The zero-order valence-electron chi connectivity index (χ0n) is 60.0. The Bertz CT molecular complexity index is 5240. The molecule has 0 spiro atoms. The molecular weight excluding hydrogens is 1360 g/mol. The molecule has 546 valence electrons. The van der Waals surface area contributed by atoms with Gasteiger partial charge >= 0.3 is 17.9 Å². The summed E-state index contributed by atoms with van der Waals surface area (Å²) in [5.74, 6) is 3.67. The lowest BCUT2D eigenvalue weighted by Crippen LogP contribution is -2.26. The maximum Gasteiger partial charge on any atom is 0.341 e. The Balaban J connectivity index is 0.000000151. The monoisotopic (exact) mass is 1440 g/mol. The number of benzene rings is 8. The summed E-state index contributed by atoms with van der Waals surface area (Å²) in [6, 6.07) is 39.8. The first-order valence-corrected chi connectivity index (χ1v) is 33.1. The smallest absolute Gasteiger partial charge is 0.341 e. The molecule has 1 fully saturated rings. The number of H-pyrrole nitrogens is 4.